The van der Waals surface area contributed by atoms with Crippen LogP contribution in [0, 0.1) is 6.92 Å². The highest BCUT2D eigenvalue weighted by atomic mass is 14.6. The van der Waals surface area contributed by atoms with Gasteiger partial charge in [-0.05, 0) is 24.6 Å². The maximum Gasteiger partial charge on any atom is 0.0702 e. The first-order valence-corrected chi connectivity index (χ1v) is 5.68. The Bertz CT molecular complexity index is 380. The van der Waals surface area contributed by atoms with Crippen LogP contribution in [-0.2, 0) is 0 Å². The molecule has 0 aliphatic rings. The number of hydrogen-bond donors (Lipinski definition) is 0. The van der Waals surface area contributed by atoms with Gasteiger partial charge in [-0.15, -0.1) is 0 Å². The van der Waals surface area contributed by atoms with Crippen LogP contribution < -0.4 is 0 Å². The number of benzene rings is 1. The molecule has 0 N–H and O–H groups in total. The van der Waals surface area contributed by atoms with Gasteiger partial charge in [0.25, 0.3) is 0 Å². The van der Waals surface area contributed by atoms with E-state index in [4.69, 9.17) is 0 Å². The van der Waals surface area contributed by atoms with Crippen LogP contribution >= 0.6 is 0 Å². The Kier molecular flexibility index (Phi) is 7.25. The maximum absolute atomic E-state index is 4.28. The average molecular weight is 203 g/mol. The number of rotatable bonds is 0. The van der Waals surface area contributed by atoms with Gasteiger partial charge in [-0.1, -0.05) is 45.9 Å². The number of para-hydroxylation sites is 1. The molecule has 1 aromatic heterocycles. The summed E-state index contributed by atoms with van der Waals surface area (Å²) >= 11 is 0. The van der Waals surface area contributed by atoms with E-state index in [-0.39, 0.29) is 0 Å². The Morgan fingerprint density at radius 3 is 2.20 bits per heavy atom. The lowest BCUT2D eigenvalue weighted by molar-refractivity contribution is 1.33. The lowest BCUT2D eigenvalue weighted by Crippen LogP contribution is -1.78. The van der Waals surface area contributed by atoms with Gasteiger partial charge in [-0.3, -0.25) is 4.98 Å². The third-order valence-corrected chi connectivity index (χ3v) is 1.73. The molecule has 0 aliphatic carbocycles. The summed E-state index contributed by atoms with van der Waals surface area (Å²) in [6, 6.07) is 10.3. The molecule has 1 aromatic carbocycles. The molecule has 0 spiro atoms. The van der Waals surface area contributed by atoms with Crippen molar-refractivity contribution in [1.82, 2.24) is 4.98 Å². The van der Waals surface area contributed by atoms with Crippen molar-refractivity contribution in [2.45, 2.75) is 34.6 Å². The van der Waals surface area contributed by atoms with Crippen molar-refractivity contribution in [3.63, 3.8) is 0 Å². The Balaban J connectivity index is 0.000000442. The fourth-order valence-electron chi connectivity index (χ4n) is 1.18. The zero-order valence-electron chi connectivity index (χ0n) is 10.4. The third kappa shape index (κ3) is 4.11. The van der Waals surface area contributed by atoms with E-state index in [0.717, 1.165) is 5.52 Å². The van der Waals surface area contributed by atoms with E-state index in [1.54, 1.807) is 0 Å². The molecule has 0 amide bonds. The van der Waals surface area contributed by atoms with E-state index in [1.165, 1.54) is 10.9 Å². The van der Waals surface area contributed by atoms with Gasteiger partial charge in [0.2, 0.25) is 0 Å². The first-order chi connectivity index (χ1) is 7.36. The monoisotopic (exact) mass is 203 g/mol. The minimum absolute atomic E-state index is 1.07. The molecule has 2 aromatic rings. The van der Waals surface area contributed by atoms with Gasteiger partial charge < -0.3 is 0 Å². The molecule has 2 rings (SSSR count). The molecule has 0 atom stereocenters. The van der Waals surface area contributed by atoms with Crippen molar-refractivity contribution in [2.75, 3.05) is 0 Å². The van der Waals surface area contributed by atoms with Crippen LogP contribution in [0.4, 0.5) is 0 Å². The SMILES string of the molecule is CC.CC.Cc1cnc2ccccc2c1. The fourth-order valence-corrected chi connectivity index (χ4v) is 1.18. The number of fused-ring (bicyclic) bond motifs is 1. The van der Waals surface area contributed by atoms with Gasteiger partial charge in [0.15, 0.2) is 0 Å². The quantitative estimate of drug-likeness (QED) is 0.610. The van der Waals surface area contributed by atoms with Gasteiger partial charge in [0, 0.05) is 11.6 Å². The second-order valence-corrected chi connectivity index (χ2v) is 2.71. The molecule has 15 heavy (non-hydrogen) atoms. The molecular formula is C14H21N. The summed E-state index contributed by atoms with van der Waals surface area (Å²) < 4.78 is 0. The van der Waals surface area contributed by atoms with Crippen LogP contribution in [0.1, 0.15) is 33.3 Å². The Morgan fingerprint density at radius 1 is 0.933 bits per heavy atom. The second-order valence-electron chi connectivity index (χ2n) is 2.71. The minimum atomic E-state index is 1.07. The summed E-state index contributed by atoms with van der Waals surface area (Å²) in [5.74, 6) is 0. The summed E-state index contributed by atoms with van der Waals surface area (Å²) in [7, 11) is 0. The van der Waals surface area contributed by atoms with E-state index in [0.29, 0.717) is 0 Å². The summed E-state index contributed by atoms with van der Waals surface area (Å²) in [6.07, 6.45) is 1.89. The molecule has 1 heterocycles. The molecular weight excluding hydrogens is 182 g/mol. The molecule has 0 fully saturated rings. The lowest BCUT2D eigenvalue weighted by Gasteiger charge is -1.95. The Hall–Kier alpha value is -1.37. The van der Waals surface area contributed by atoms with E-state index in [1.807, 2.05) is 52.1 Å². The highest BCUT2D eigenvalue weighted by Crippen LogP contribution is 2.11. The van der Waals surface area contributed by atoms with Gasteiger partial charge in [-0.2, -0.15) is 0 Å². The smallest absolute Gasteiger partial charge is 0.0702 e. The van der Waals surface area contributed by atoms with Crippen LogP contribution in [0.3, 0.4) is 0 Å². The molecule has 1 heteroatoms. The van der Waals surface area contributed by atoms with E-state index >= 15 is 0 Å². The van der Waals surface area contributed by atoms with Crippen molar-refractivity contribution in [1.29, 1.82) is 0 Å². The molecule has 82 valence electrons. The first-order valence-electron chi connectivity index (χ1n) is 5.68. The average Bonchev–Trinajstić information content (AvgIpc) is 2.34. The third-order valence-electron chi connectivity index (χ3n) is 1.73. The number of pyridine rings is 1. The van der Waals surface area contributed by atoms with E-state index < -0.39 is 0 Å². The molecule has 1 nitrogen and oxygen atoms in total. The van der Waals surface area contributed by atoms with Gasteiger partial charge >= 0.3 is 0 Å². The number of aryl methyl sites for hydroxylation is 1. The van der Waals surface area contributed by atoms with Crippen molar-refractivity contribution in [3.8, 4) is 0 Å². The van der Waals surface area contributed by atoms with Crippen LogP contribution in [0.15, 0.2) is 36.5 Å². The molecule has 0 unspecified atom stereocenters. The largest absolute Gasteiger partial charge is 0.256 e. The topological polar surface area (TPSA) is 12.9 Å². The van der Waals surface area contributed by atoms with Crippen LogP contribution in [-0.4, -0.2) is 4.98 Å². The Labute approximate surface area is 93.2 Å². The van der Waals surface area contributed by atoms with Crippen molar-refractivity contribution in [3.05, 3.63) is 42.1 Å². The summed E-state index contributed by atoms with van der Waals surface area (Å²) in [5.41, 5.74) is 2.28. The second kappa shape index (κ2) is 7.98. The van der Waals surface area contributed by atoms with Gasteiger partial charge in [-0.25, -0.2) is 0 Å². The van der Waals surface area contributed by atoms with Crippen molar-refractivity contribution < 1.29 is 0 Å². The maximum atomic E-state index is 4.28. The summed E-state index contributed by atoms with van der Waals surface area (Å²) in [4.78, 5) is 4.28. The van der Waals surface area contributed by atoms with Gasteiger partial charge in [0.05, 0.1) is 5.52 Å². The molecule has 0 aliphatic heterocycles. The van der Waals surface area contributed by atoms with Gasteiger partial charge in [0.1, 0.15) is 0 Å². The molecule has 0 saturated heterocycles. The predicted molar refractivity (Wildman–Crippen MR) is 69.2 cm³/mol. The van der Waals surface area contributed by atoms with Crippen molar-refractivity contribution in [2.24, 2.45) is 0 Å². The van der Waals surface area contributed by atoms with Crippen molar-refractivity contribution >= 4 is 10.9 Å². The number of aromatic nitrogens is 1. The fraction of sp³-hybridized carbons (Fsp3) is 0.357. The zero-order chi connectivity index (χ0) is 11.7. The zero-order valence-corrected chi connectivity index (χ0v) is 10.4. The minimum Gasteiger partial charge on any atom is -0.256 e. The highest BCUT2D eigenvalue weighted by molar-refractivity contribution is 5.78. The Morgan fingerprint density at radius 2 is 1.53 bits per heavy atom. The summed E-state index contributed by atoms with van der Waals surface area (Å²) in [6.45, 7) is 10.1. The number of hydrogen-bond acceptors (Lipinski definition) is 1. The van der Waals surface area contributed by atoms with E-state index in [2.05, 4.69) is 24.0 Å². The predicted octanol–water partition coefficient (Wildman–Crippen LogP) is 4.60. The molecule has 0 radical (unpaired) electrons. The highest BCUT2D eigenvalue weighted by Gasteiger charge is 1.90. The normalized spacial score (nSPS) is 8.33. The molecule has 0 bridgehead atoms. The van der Waals surface area contributed by atoms with Crippen LogP contribution in [0.5, 0.6) is 0 Å². The van der Waals surface area contributed by atoms with Crippen LogP contribution in [0.25, 0.3) is 10.9 Å². The van der Waals surface area contributed by atoms with Crippen LogP contribution in [0.2, 0.25) is 0 Å². The number of nitrogens with zero attached hydrogens (tertiary/aromatic N) is 1. The lowest BCUT2D eigenvalue weighted by atomic mass is 10.2. The summed E-state index contributed by atoms with van der Waals surface area (Å²) in [5, 5.41) is 1.22. The first kappa shape index (κ1) is 13.6. The standard InChI is InChI=1S/C10H9N.2C2H6/c1-8-6-9-4-2-3-5-10(9)11-7-8;2*1-2/h2-7H,1H3;2*1-2H3. The van der Waals surface area contributed by atoms with E-state index in [9.17, 15) is 0 Å². The molecule has 0 saturated carbocycles.